The van der Waals surface area contributed by atoms with Crippen LogP contribution in [0, 0.1) is 0 Å². The first-order valence-corrected chi connectivity index (χ1v) is 6.84. The van der Waals surface area contributed by atoms with Crippen LogP contribution in [0.25, 0.3) is 0 Å². The summed E-state index contributed by atoms with van der Waals surface area (Å²) < 4.78 is 27.1. The number of carbonyl (C=O) groups excluding carboxylic acids is 1. The van der Waals surface area contributed by atoms with Gasteiger partial charge in [0, 0.05) is 18.7 Å². The highest BCUT2D eigenvalue weighted by atomic mass is 32.2. The van der Waals surface area contributed by atoms with Gasteiger partial charge in [-0.2, -0.15) is 0 Å². The quantitative estimate of drug-likeness (QED) is 0.559. The Morgan fingerprint density at radius 2 is 2.07 bits per heavy atom. The molecule has 0 amide bonds. The van der Waals surface area contributed by atoms with Crippen molar-refractivity contribution in [2.24, 2.45) is 5.73 Å². The van der Waals surface area contributed by atoms with Gasteiger partial charge in [-0.25, -0.2) is 8.42 Å². The van der Waals surface area contributed by atoms with Crippen molar-refractivity contribution in [2.45, 2.75) is 19.8 Å². The lowest BCUT2D eigenvalue weighted by Crippen LogP contribution is -2.16. The molecule has 0 bridgehead atoms. The molecule has 0 rings (SSSR count). The largest absolute Gasteiger partial charge is 0.372 e. The highest BCUT2D eigenvalue weighted by Gasteiger charge is 2.09. The first-order chi connectivity index (χ1) is 7.02. The standard InChI is InChI=1S/C9H19NO4S/c1-2-15(12,13)7-3-4-9(11)8-14-6-5-10/h2-8,10H2,1H3. The molecule has 6 heteroatoms. The lowest BCUT2D eigenvalue weighted by molar-refractivity contribution is -0.123. The summed E-state index contributed by atoms with van der Waals surface area (Å²) in [5.41, 5.74) is 5.17. The van der Waals surface area contributed by atoms with Gasteiger partial charge in [-0.05, 0) is 6.42 Å². The van der Waals surface area contributed by atoms with Crippen molar-refractivity contribution >= 4 is 15.6 Å². The molecule has 0 aliphatic heterocycles. The summed E-state index contributed by atoms with van der Waals surface area (Å²) in [4.78, 5) is 11.1. The predicted octanol–water partition coefficient (Wildman–Crippen LogP) is -0.254. The second kappa shape index (κ2) is 7.78. The van der Waals surface area contributed by atoms with Crippen LogP contribution < -0.4 is 5.73 Å². The van der Waals surface area contributed by atoms with Gasteiger partial charge in [-0.1, -0.05) is 6.92 Å². The van der Waals surface area contributed by atoms with E-state index in [1.165, 1.54) is 0 Å². The molecule has 0 aliphatic carbocycles. The van der Waals surface area contributed by atoms with E-state index in [1.807, 2.05) is 0 Å². The average Bonchev–Trinajstić information content (AvgIpc) is 2.18. The molecule has 2 N–H and O–H groups in total. The normalized spacial score (nSPS) is 11.6. The number of rotatable bonds is 9. The molecule has 0 radical (unpaired) electrons. The number of hydrogen-bond acceptors (Lipinski definition) is 5. The van der Waals surface area contributed by atoms with E-state index in [0.29, 0.717) is 19.6 Å². The van der Waals surface area contributed by atoms with Crippen molar-refractivity contribution in [3.8, 4) is 0 Å². The van der Waals surface area contributed by atoms with Gasteiger partial charge in [0.25, 0.3) is 0 Å². The summed E-state index contributed by atoms with van der Waals surface area (Å²) in [7, 11) is -2.95. The van der Waals surface area contributed by atoms with E-state index in [-0.39, 0.29) is 30.3 Å². The molecule has 0 fully saturated rings. The van der Waals surface area contributed by atoms with Gasteiger partial charge in [0.05, 0.1) is 12.4 Å². The SMILES string of the molecule is CCS(=O)(=O)CCCC(=O)COCCN. The van der Waals surface area contributed by atoms with E-state index < -0.39 is 9.84 Å². The fraction of sp³-hybridized carbons (Fsp3) is 0.889. The van der Waals surface area contributed by atoms with Gasteiger partial charge >= 0.3 is 0 Å². The van der Waals surface area contributed by atoms with Crippen LogP contribution in [0.15, 0.2) is 0 Å². The van der Waals surface area contributed by atoms with Gasteiger partial charge in [-0.3, -0.25) is 4.79 Å². The van der Waals surface area contributed by atoms with E-state index in [2.05, 4.69) is 0 Å². The minimum Gasteiger partial charge on any atom is -0.372 e. The van der Waals surface area contributed by atoms with E-state index in [0.717, 1.165) is 0 Å². The molecule has 0 saturated carbocycles. The first-order valence-electron chi connectivity index (χ1n) is 5.01. The average molecular weight is 237 g/mol. The van der Waals surface area contributed by atoms with Gasteiger partial charge < -0.3 is 10.5 Å². The summed E-state index contributed by atoms with van der Waals surface area (Å²) in [5, 5.41) is 0. The van der Waals surface area contributed by atoms with Crippen LogP contribution in [0.1, 0.15) is 19.8 Å². The third-order valence-electron chi connectivity index (χ3n) is 1.88. The zero-order valence-electron chi connectivity index (χ0n) is 9.07. The molecule has 90 valence electrons. The number of ether oxygens (including phenoxy) is 1. The van der Waals surface area contributed by atoms with Gasteiger partial charge in [0.2, 0.25) is 0 Å². The highest BCUT2D eigenvalue weighted by molar-refractivity contribution is 7.91. The molecule has 0 atom stereocenters. The number of sulfone groups is 1. The smallest absolute Gasteiger partial charge is 0.158 e. The topological polar surface area (TPSA) is 86.5 Å². The van der Waals surface area contributed by atoms with Crippen LogP contribution in [0.5, 0.6) is 0 Å². The van der Waals surface area contributed by atoms with Crippen LogP contribution in [0.3, 0.4) is 0 Å². The van der Waals surface area contributed by atoms with Crippen LogP contribution in [0.4, 0.5) is 0 Å². The Bertz CT molecular complexity index is 274. The monoisotopic (exact) mass is 237 g/mol. The minimum absolute atomic E-state index is 0.0311. The fourth-order valence-electron chi connectivity index (χ4n) is 0.975. The number of hydrogen-bond donors (Lipinski definition) is 1. The zero-order valence-corrected chi connectivity index (χ0v) is 9.88. The minimum atomic E-state index is -2.95. The molecule has 0 aliphatic rings. The lowest BCUT2D eigenvalue weighted by Gasteiger charge is -2.02. The molecule has 5 nitrogen and oxygen atoms in total. The Kier molecular flexibility index (Phi) is 7.54. The van der Waals surface area contributed by atoms with Crippen molar-refractivity contribution < 1.29 is 17.9 Å². The molecule has 0 aromatic carbocycles. The summed E-state index contributed by atoms with van der Waals surface area (Å²) in [6.07, 6.45) is 0.630. The third kappa shape index (κ3) is 8.53. The fourth-order valence-corrected chi connectivity index (χ4v) is 1.85. The van der Waals surface area contributed by atoms with Crippen LogP contribution >= 0.6 is 0 Å². The zero-order chi connectivity index (χ0) is 11.7. The second-order valence-corrected chi connectivity index (χ2v) is 5.69. The van der Waals surface area contributed by atoms with Crippen molar-refractivity contribution in [1.82, 2.24) is 0 Å². The lowest BCUT2D eigenvalue weighted by atomic mass is 10.2. The molecule has 15 heavy (non-hydrogen) atoms. The number of nitrogens with two attached hydrogens (primary N) is 1. The molecule has 0 spiro atoms. The van der Waals surface area contributed by atoms with E-state index in [4.69, 9.17) is 10.5 Å². The summed E-state index contributed by atoms with van der Waals surface area (Å²) >= 11 is 0. The van der Waals surface area contributed by atoms with Crippen molar-refractivity contribution in [3.05, 3.63) is 0 Å². The Balaban J connectivity index is 3.55. The van der Waals surface area contributed by atoms with Gasteiger partial charge in [0.15, 0.2) is 5.78 Å². The molecule has 0 unspecified atom stereocenters. The van der Waals surface area contributed by atoms with E-state index in [9.17, 15) is 13.2 Å². The molecule has 0 aromatic heterocycles. The molecule has 0 aromatic rings. The third-order valence-corrected chi connectivity index (χ3v) is 3.67. The molecule has 0 heterocycles. The summed E-state index contributed by atoms with van der Waals surface area (Å²) in [6, 6.07) is 0. The number of ketones is 1. The molecule has 0 saturated heterocycles. The maximum atomic E-state index is 11.1. The Morgan fingerprint density at radius 3 is 2.60 bits per heavy atom. The van der Waals surface area contributed by atoms with Crippen molar-refractivity contribution in [2.75, 3.05) is 31.3 Å². The first kappa shape index (κ1) is 14.5. The second-order valence-electron chi connectivity index (χ2n) is 3.22. The predicted molar refractivity (Wildman–Crippen MR) is 58.4 cm³/mol. The Morgan fingerprint density at radius 1 is 1.40 bits per heavy atom. The van der Waals surface area contributed by atoms with Gasteiger partial charge in [-0.15, -0.1) is 0 Å². The van der Waals surface area contributed by atoms with Gasteiger partial charge in [0.1, 0.15) is 16.4 Å². The maximum Gasteiger partial charge on any atom is 0.158 e. The molecular weight excluding hydrogens is 218 g/mol. The van der Waals surface area contributed by atoms with Crippen LogP contribution in [-0.2, 0) is 19.4 Å². The summed E-state index contributed by atoms with van der Waals surface area (Å²) in [6.45, 7) is 2.38. The Labute approximate surface area is 90.9 Å². The highest BCUT2D eigenvalue weighted by Crippen LogP contribution is 1.98. The number of Topliss-reactive ketones (excluding diaryl/α,β-unsaturated/α-hetero) is 1. The van der Waals surface area contributed by atoms with Crippen molar-refractivity contribution in [1.29, 1.82) is 0 Å². The van der Waals surface area contributed by atoms with Crippen LogP contribution in [-0.4, -0.2) is 45.5 Å². The summed E-state index contributed by atoms with van der Waals surface area (Å²) in [5.74, 6) is 0.131. The molecular formula is C9H19NO4S. The van der Waals surface area contributed by atoms with Crippen LogP contribution in [0.2, 0.25) is 0 Å². The van der Waals surface area contributed by atoms with E-state index in [1.54, 1.807) is 6.92 Å². The van der Waals surface area contributed by atoms with E-state index >= 15 is 0 Å². The number of carbonyl (C=O) groups is 1. The maximum absolute atomic E-state index is 11.1. The van der Waals surface area contributed by atoms with Crippen molar-refractivity contribution in [3.63, 3.8) is 0 Å². The Hall–Kier alpha value is -0.460.